The van der Waals surface area contributed by atoms with E-state index in [4.69, 9.17) is 0 Å². The molecule has 0 spiro atoms. The summed E-state index contributed by atoms with van der Waals surface area (Å²) >= 11 is 0. The third-order valence-electron chi connectivity index (χ3n) is 3.45. The van der Waals surface area contributed by atoms with Crippen LogP contribution in [0.5, 0.6) is 0 Å². The standard InChI is InChI=1S/C18H20FN3O2/c1-21(2)16-9-4-6-13(10-16)18(24)22(3)12-17(23)20-15-8-5-7-14(19)11-15/h4-11H,12H2,1-3H3,(H,20,23). The normalized spacial score (nSPS) is 10.2. The van der Waals surface area contributed by atoms with E-state index in [1.54, 1.807) is 31.3 Å². The summed E-state index contributed by atoms with van der Waals surface area (Å²) in [6.45, 7) is -0.123. The smallest absolute Gasteiger partial charge is 0.254 e. The van der Waals surface area contributed by atoms with E-state index in [-0.39, 0.29) is 18.4 Å². The number of likely N-dealkylation sites (N-methyl/N-ethyl adjacent to an activating group) is 1. The molecule has 6 heteroatoms. The van der Waals surface area contributed by atoms with Gasteiger partial charge in [-0.15, -0.1) is 0 Å². The van der Waals surface area contributed by atoms with Crippen LogP contribution < -0.4 is 10.2 Å². The highest BCUT2D eigenvalue weighted by molar-refractivity contribution is 5.99. The Kier molecular flexibility index (Phi) is 5.52. The molecule has 2 rings (SSSR count). The van der Waals surface area contributed by atoms with Crippen molar-refractivity contribution in [2.75, 3.05) is 37.9 Å². The predicted octanol–water partition coefficient (Wildman–Crippen LogP) is 2.60. The van der Waals surface area contributed by atoms with Gasteiger partial charge < -0.3 is 15.1 Å². The molecule has 0 aromatic heterocycles. The van der Waals surface area contributed by atoms with Gasteiger partial charge in [-0.05, 0) is 36.4 Å². The fraction of sp³-hybridized carbons (Fsp3) is 0.222. The molecule has 0 radical (unpaired) electrons. The summed E-state index contributed by atoms with van der Waals surface area (Å²) in [7, 11) is 5.33. The molecule has 5 nitrogen and oxygen atoms in total. The van der Waals surface area contributed by atoms with Crippen molar-refractivity contribution in [2.45, 2.75) is 0 Å². The fourth-order valence-electron chi connectivity index (χ4n) is 2.19. The van der Waals surface area contributed by atoms with Crippen molar-refractivity contribution in [3.63, 3.8) is 0 Å². The third kappa shape index (κ3) is 4.55. The lowest BCUT2D eigenvalue weighted by atomic mass is 10.1. The van der Waals surface area contributed by atoms with Gasteiger partial charge in [0.1, 0.15) is 5.82 Å². The van der Waals surface area contributed by atoms with Gasteiger partial charge in [-0.2, -0.15) is 0 Å². The maximum absolute atomic E-state index is 13.1. The minimum absolute atomic E-state index is 0.123. The average molecular weight is 329 g/mol. The van der Waals surface area contributed by atoms with Crippen LogP contribution in [0, 0.1) is 5.82 Å². The summed E-state index contributed by atoms with van der Waals surface area (Å²) in [6, 6.07) is 12.8. The SMILES string of the molecule is CN(CC(=O)Nc1cccc(F)c1)C(=O)c1cccc(N(C)C)c1. The molecule has 0 saturated heterocycles. The maximum Gasteiger partial charge on any atom is 0.254 e. The fourth-order valence-corrected chi connectivity index (χ4v) is 2.19. The molecular weight excluding hydrogens is 309 g/mol. The minimum Gasteiger partial charge on any atom is -0.378 e. The molecule has 0 unspecified atom stereocenters. The zero-order valence-electron chi connectivity index (χ0n) is 13.9. The summed E-state index contributed by atoms with van der Waals surface area (Å²) in [5.74, 6) is -1.08. The van der Waals surface area contributed by atoms with Gasteiger partial charge in [0.15, 0.2) is 0 Å². The molecule has 2 aromatic rings. The van der Waals surface area contributed by atoms with Crippen molar-refractivity contribution >= 4 is 23.2 Å². The minimum atomic E-state index is -0.433. The van der Waals surface area contributed by atoms with E-state index in [1.807, 2.05) is 25.1 Å². The summed E-state index contributed by atoms with van der Waals surface area (Å²) in [6.07, 6.45) is 0. The van der Waals surface area contributed by atoms with Crippen LogP contribution in [0.2, 0.25) is 0 Å². The van der Waals surface area contributed by atoms with Crippen molar-refractivity contribution < 1.29 is 14.0 Å². The summed E-state index contributed by atoms with van der Waals surface area (Å²) in [5.41, 5.74) is 1.76. The zero-order chi connectivity index (χ0) is 17.7. The molecular formula is C18H20FN3O2. The van der Waals surface area contributed by atoms with Gasteiger partial charge in [-0.1, -0.05) is 12.1 Å². The zero-order valence-corrected chi connectivity index (χ0v) is 13.9. The molecule has 0 fully saturated rings. The number of carbonyl (C=O) groups is 2. The van der Waals surface area contributed by atoms with Crippen LogP contribution in [0.1, 0.15) is 10.4 Å². The second-order valence-electron chi connectivity index (χ2n) is 5.66. The highest BCUT2D eigenvalue weighted by Crippen LogP contribution is 2.15. The summed E-state index contributed by atoms with van der Waals surface area (Å²) in [4.78, 5) is 27.7. The van der Waals surface area contributed by atoms with Gasteiger partial charge in [-0.3, -0.25) is 9.59 Å². The average Bonchev–Trinajstić information content (AvgIpc) is 2.54. The van der Waals surface area contributed by atoms with Crippen LogP contribution in [0.4, 0.5) is 15.8 Å². The Morgan fingerprint density at radius 2 is 1.75 bits per heavy atom. The van der Waals surface area contributed by atoms with Crippen LogP contribution in [-0.2, 0) is 4.79 Å². The molecule has 0 aliphatic rings. The van der Waals surface area contributed by atoms with Crippen molar-refractivity contribution in [1.29, 1.82) is 0 Å². The van der Waals surface area contributed by atoms with E-state index in [0.29, 0.717) is 11.3 Å². The molecule has 1 N–H and O–H groups in total. The van der Waals surface area contributed by atoms with Gasteiger partial charge >= 0.3 is 0 Å². The molecule has 0 bridgehead atoms. The Morgan fingerprint density at radius 3 is 2.42 bits per heavy atom. The molecule has 126 valence electrons. The molecule has 2 amide bonds. The molecule has 0 atom stereocenters. The van der Waals surface area contributed by atoms with Gasteiger partial charge in [-0.25, -0.2) is 4.39 Å². The highest BCUT2D eigenvalue weighted by Gasteiger charge is 2.15. The Labute approximate surface area is 140 Å². The topological polar surface area (TPSA) is 52.7 Å². The second-order valence-corrected chi connectivity index (χ2v) is 5.66. The van der Waals surface area contributed by atoms with E-state index >= 15 is 0 Å². The molecule has 24 heavy (non-hydrogen) atoms. The van der Waals surface area contributed by atoms with E-state index in [1.165, 1.54) is 23.1 Å². The van der Waals surface area contributed by atoms with Crippen LogP contribution >= 0.6 is 0 Å². The third-order valence-corrected chi connectivity index (χ3v) is 3.45. The van der Waals surface area contributed by atoms with Crippen LogP contribution in [0.3, 0.4) is 0 Å². The van der Waals surface area contributed by atoms with Crippen LogP contribution in [-0.4, -0.2) is 44.4 Å². The lowest BCUT2D eigenvalue weighted by Gasteiger charge is -2.18. The highest BCUT2D eigenvalue weighted by atomic mass is 19.1. The number of hydrogen-bond acceptors (Lipinski definition) is 3. The number of anilines is 2. The first kappa shape index (κ1) is 17.5. The van der Waals surface area contributed by atoms with Crippen molar-refractivity contribution in [3.05, 3.63) is 59.9 Å². The monoisotopic (exact) mass is 329 g/mol. The Balaban J connectivity index is 2.00. The van der Waals surface area contributed by atoms with E-state index < -0.39 is 5.82 Å². The van der Waals surface area contributed by atoms with Gasteiger partial charge in [0, 0.05) is 38.1 Å². The van der Waals surface area contributed by atoms with E-state index in [2.05, 4.69) is 5.32 Å². The van der Waals surface area contributed by atoms with Crippen LogP contribution in [0.25, 0.3) is 0 Å². The number of nitrogens with one attached hydrogen (secondary N) is 1. The second kappa shape index (κ2) is 7.59. The van der Waals surface area contributed by atoms with Crippen molar-refractivity contribution in [1.82, 2.24) is 4.90 Å². The van der Waals surface area contributed by atoms with Gasteiger partial charge in [0.05, 0.1) is 6.54 Å². The number of benzene rings is 2. The molecule has 0 aliphatic heterocycles. The van der Waals surface area contributed by atoms with Crippen molar-refractivity contribution in [2.24, 2.45) is 0 Å². The van der Waals surface area contributed by atoms with Crippen LogP contribution in [0.15, 0.2) is 48.5 Å². The van der Waals surface area contributed by atoms with Crippen molar-refractivity contribution in [3.8, 4) is 0 Å². The number of nitrogens with zero attached hydrogens (tertiary/aromatic N) is 2. The molecule has 0 heterocycles. The van der Waals surface area contributed by atoms with E-state index in [0.717, 1.165) is 5.69 Å². The van der Waals surface area contributed by atoms with Gasteiger partial charge in [0.2, 0.25) is 5.91 Å². The number of hydrogen-bond donors (Lipinski definition) is 1. The number of carbonyl (C=O) groups excluding carboxylic acids is 2. The first-order chi connectivity index (χ1) is 11.4. The Bertz CT molecular complexity index is 747. The summed E-state index contributed by atoms with van der Waals surface area (Å²) < 4.78 is 13.1. The quantitative estimate of drug-likeness (QED) is 0.917. The molecule has 0 saturated carbocycles. The molecule has 2 aromatic carbocycles. The molecule has 0 aliphatic carbocycles. The van der Waals surface area contributed by atoms with Gasteiger partial charge in [0.25, 0.3) is 5.91 Å². The lowest BCUT2D eigenvalue weighted by molar-refractivity contribution is -0.116. The Morgan fingerprint density at radius 1 is 1.04 bits per heavy atom. The lowest BCUT2D eigenvalue weighted by Crippen LogP contribution is -2.35. The summed E-state index contributed by atoms with van der Waals surface area (Å²) in [5, 5.41) is 2.57. The Hall–Kier alpha value is -2.89. The predicted molar refractivity (Wildman–Crippen MR) is 92.8 cm³/mol. The number of halogens is 1. The number of amides is 2. The first-order valence-electron chi connectivity index (χ1n) is 7.45. The number of rotatable bonds is 5. The first-order valence-corrected chi connectivity index (χ1v) is 7.45. The maximum atomic E-state index is 13.1. The largest absolute Gasteiger partial charge is 0.378 e. The van der Waals surface area contributed by atoms with E-state index in [9.17, 15) is 14.0 Å².